The highest BCUT2D eigenvalue weighted by atomic mass is 16.3. The maximum Gasteiger partial charge on any atom is 0.163 e. The molecule has 0 aliphatic heterocycles. The van der Waals surface area contributed by atoms with Gasteiger partial charge in [-0.25, -0.2) is 15.0 Å². The van der Waals surface area contributed by atoms with Crippen LogP contribution in [0, 0.1) is 0 Å². The van der Waals surface area contributed by atoms with Crippen molar-refractivity contribution in [2.45, 2.75) is 12.3 Å². The Kier molecular flexibility index (Phi) is 6.57. The highest BCUT2D eigenvalue weighted by Crippen LogP contribution is 2.39. The van der Waals surface area contributed by atoms with Gasteiger partial charge in [-0.05, 0) is 69.8 Å². The predicted octanol–water partition coefficient (Wildman–Crippen LogP) is 11.2. The molecule has 222 valence electrons. The van der Waals surface area contributed by atoms with Crippen molar-refractivity contribution in [3.05, 3.63) is 164 Å². The fourth-order valence-corrected chi connectivity index (χ4v) is 6.62. The number of allylic oxidation sites excluding steroid dienone is 4. The van der Waals surface area contributed by atoms with Crippen molar-refractivity contribution in [1.29, 1.82) is 0 Å². The van der Waals surface area contributed by atoms with Crippen LogP contribution < -0.4 is 0 Å². The average molecular weight is 604 g/mol. The molecule has 1 unspecified atom stereocenters. The van der Waals surface area contributed by atoms with E-state index in [0.29, 0.717) is 11.6 Å². The van der Waals surface area contributed by atoms with Crippen LogP contribution >= 0.6 is 0 Å². The summed E-state index contributed by atoms with van der Waals surface area (Å²) in [4.78, 5) is 15.0. The maximum absolute atomic E-state index is 6.39. The Hall–Kier alpha value is -6.13. The van der Waals surface area contributed by atoms with Crippen LogP contribution in [0.4, 0.5) is 0 Å². The SMILES string of the molecule is C1=CCC(c2nc(-c3ccccc3)nc(-c3cccc(-c4cccc5oc6ccc(-c7ccc8ccccc8c7)cc6c45)c3)n2)C=C1. The molecule has 0 saturated carbocycles. The van der Waals surface area contributed by atoms with E-state index in [-0.39, 0.29) is 5.92 Å². The Morgan fingerprint density at radius 2 is 1.26 bits per heavy atom. The lowest BCUT2D eigenvalue weighted by Gasteiger charge is -2.14. The summed E-state index contributed by atoms with van der Waals surface area (Å²) >= 11 is 0. The smallest absolute Gasteiger partial charge is 0.163 e. The zero-order chi connectivity index (χ0) is 31.2. The first-order chi connectivity index (χ1) is 23.3. The molecule has 6 aromatic carbocycles. The van der Waals surface area contributed by atoms with Crippen LogP contribution in [0.25, 0.3) is 77.7 Å². The molecule has 4 nitrogen and oxygen atoms in total. The van der Waals surface area contributed by atoms with Gasteiger partial charge in [0, 0.05) is 27.8 Å². The molecular weight excluding hydrogens is 574 g/mol. The van der Waals surface area contributed by atoms with Crippen LogP contribution in [-0.2, 0) is 0 Å². The summed E-state index contributed by atoms with van der Waals surface area (Å²) in [5.41, 5.74) is 8.19. The fourth-order valence-electron chi connectivity index (χ4n) is 6.62. The van der Waals surface area contributed by atoms with Gasteiger partial charge in [0.25, 0.3) is 0 Å². The molecule has 2 heterocycles. The third-order valence-electron chi connectivity index (χ3n) is 9.01. The lowest BCUT2D eigenvalue weighted by molar-refractivity contribution is 0.669. The monoisotopic (exact) mass is 603 g/mol. The molecule has 0 bridgehead atoms. The second-order valence-electron chi connectivity index (χ2n) is 12.0. The second kappa shape index (κ2) is 11.3. The Bertz CT molecular complexity index is 2510. The lowest BCUT2D eigenvalue weighted by Crippen LogP contribution is -2.07. The molecule has 1 aliphatic carbocycles. The summed E-state index contributed by atoms with van der Waals surface area (Å²) in [6.07, 6.45) is 9.34. The molecule has 1 atom stereocenters. The van der Waals surface area contributed by atoms with Gasteiger partial charge in [0.05, 0.1) is 0 Å². The molecule has 0 N–H and O–H groups in total. The van der Waals surface area contributed by atoms with E-state index >= 15 is 0 Å². The van der Waals surface area contributed by atoms with Gasteiger partial charge in [-0.1, -0.05) is 127 Å². The Morgan fingerprint density at radius 3 is 2.13 bits per heavy atom. The minimum absolute atomic E-state index is 0.107. The first-order valence-electron chi connectivity index (χ1n) is 16.0. The number of benzene rings is 6. The maximum atomic E-state index is 6.39. The zero-order valence-electron chi connectivity index (χ0n) is 25.5. The second-order valence-corrected chi connectivity index (χ2v) is 12.0. The minimum atomic E-state index is 0.107. The van der Waals surface area contributed by atoms with E-state index in [1.54, 1.807) is 0 Å². The van der Waals surface area contributed by atoms with E-state index in [4.69, 9.17) is 19.4 Å². The van der Waals surface area contributed by atoms with Gasteiger partial charge >= 0.3 is 0 Å². The van der Waals surface area contributed by atoms with Gasteiger partial charge in [-0.3, -0.25) is 0 Å². The van der Waals surface area contributed by atoms with Crippen molar-refractivity contribution >= 4 is 32.7 Å². The van der Waals surface area contributed by atoms with Crippen LogP contribution in [0.1, 0.15) is 18.2 Å². The summed E-state index contributed by atoms with van der Waals surface area (Å²) in [5.74, 6) is 2.24. The van der Waals surface area contributed by atoms with Crippen LogP contribution in [0.2, 0.25) is 0 Å². The number of nitrogens with zero attached hydrogens (tertiary/aromatic N) is 3. The summed E-state index contributed by atoms with van der Waals surface area (Å²) in [5, 5.41) is 4.66. The molecule has 0 radical (unpaired) electrons. The topological polar surface area (TPSA) is 51.8 Å². The average Bonchev–Trinajstić information content (AvgIpc) is 3.53. The molecule has 47 heavy (non-hydrogen) atoms. The molecule has 8 aromatic rings. The highest BCUT2D eigenvalue weighted by Gasteiger charge is 2.19. The number of aromatic nitrogens is 3. The van der Waals surface area contributed by atoms with Gasteiger partial charge in [-0.2, -0.15) is 0 Å². The molecular formula is C43H29N3O. The number of fused-ring (bicyclic) bond motifs is 4. The van der Waals surface area contributed by atoms with Crippen LogP contribution in [0.3, 0.4) is 0 Å². The fraction of sp³-hybridized carbons (Fsp3) is 0.0465. The molecule has 2 aromatic heterocycles. The van der Waals surface area contributed by atoms with Crippen molar-refractivity contribution in [1.82, 2.24) is 15.0 Å². The molecule has 4 heteroatoms. The lowest BCUT2D eigenvalue weighted by atomic mass is 9.95. The van der Waals surface area contributed by atoms with E-state index < -0.39 is 0 Å². The van der Waals surface area contributed by atoms with Gasteiger partial charge in [-0.15, -0.1) is 0 Å². The van der Waals surface area contributed by atoms with Gasteiger partial charge in [0.1, 0.15) is 17.0 Å². The van der Waals surface area contributed by atoms with Crippen LogP contribution in [0.15, 0.2) is 162 Å². The van der Waals surface area contributed by atoms with Crippen molar-refractivity contribution in [2.24, 2.45) is 0 Å². The minimum Gasteiger partial charge on any atom is -0.456 e. The molecule has 9 rings (SSSR count). The van der Waals surface area contributed by atoms with Crippen molar-refractivity contribution in [3.8, 4) is 45.0 Å². The van der Waals surface area contributed by atoms with E-state index in [1.165, 1.54) is 16.3 Å². The number of hydrogen-bond donors (Lipinski definition) is 0. The quantitative estimate of drug-likeness (QED) is 0.196. The molecule has 0 amide bonds. The van der Waals surface area contributed by atoms with Crippen LogP contribution in [-0.4, -0.2) is 15.0 Å². The number of hydrogen-bond acceptors (Lipinski definition) is 4. The van der Waals surface area contributed by atoms with Crippen molar-refractivity contribution < 1.29 is 4.42 Å². The third kappa shape index (κ3) is 5.01. The predicted molar refractivity (Wildman–Crippen MR) is 192 cm³/mol. The standard InChI is InChI=1S/C43H29N3O/c1-3-12-29(13-4-1)41-44-42(30-14-5-2-6-15-30)46-43(45-41)35-18-9-17-34(26-35)36-19-10-20-39-40(36)37-27-33(23-24-38(37)47-39)32-22-21-28-11-7-8-16-31(28)25-32/h1-14,16-27,30H,15H2. The van der Waals surface area contributed by atoms with E-state index in [2.05, 4.69) is 127 Å². The molecule has 0 fully saturated rings. The van der Waals surface area contributed by atoms with Crippen molar-refractivity contribution in [3.63, 3.8) is 0 Å². The Labute approximate surface area is 272 Å². The summed E-state index contributed by atoms with van der Waals surface area (Å²) < 4.78 is 6.39. The zero-order valence-corrected chi connectivity index (χ0v) is 25.5. The van der Waals surface area contributed by atoms with E-state index in [0.717, 1.165) is 62.0 Å². The third-order valence-corrected chi connectivity index (χ3v) is 9.01. The Morgan fingerprint density at radius 1 is 0.511 bits per heavy atom. The first kappa shape index (κ1) is 27.2. The highest BCUT2D eigenvalue weighted by molar-refractivity contribution is 6.13. The van der Waals surface area contributed by atoms with Crippen molar-refractivity contribution in [2.75, 3.05) is 0 Å². The van der Waals surface area contributed by atoms with E-state index in [1.807, 2.05) is 30.3 Å². The molecule has 0 saturated heterocycles. The molecule has 0 spiro atoms. The summed E-state index contributed by atoms with van der Waals surface area (Å²) in [6, 6.07) is 46.6. The summed E-state index contributed by atoms with van der Waals surface area (Å²) in [6.45, 7) is 0. The summed E-state index contributed by atoms with van der Waals surface area (Å²) in [7, 11) is 0. The van der Waals surface area contributed by atoms with E-state index in [9.17, 15) is 0 Å². The Balaban J connectivity index is 1.17. The first-order valence-corrected chi connectivity index (χ1v) is 16.0. The number of furan rings is 1. The largest absolute Gasteiger partial charge is 0.456 e. The molecule has 1 aliphatic rings. The van der Waals surface area contributed by atoms with Gasteiger partial charge < -0.3 is 4.42 Å². The number of rotatable bonds is 5. The van der Waals surface area contributed by atoms with Gasteiger partial charge in [0.15, 0.2) is 11.6 Å². The normalized spacial score (nSPS) is 14.3. The van der Waals surface area contributed by atoms with Gasteiger partial charge in [0.2, 0.25) is 0 Å². The van der Waals surface area contributed by atoms with Crippen LogP contribution in [0.5, 0.6) is 0 Å².